The van der Waals surface area contributed by atoms with Crippen molar-refractivity contribution < 1.29 is 4.79 Å². The minimum Gasteiger partial charge on any atom is -0.363 e. The molecule has 0 radical (unpaired) electrons. The fraction of sp³-hybridized carbons (Fsp3) is 0.150. The third kappa shape index (κ3) is 4.80. The highest BCUT2D eigenvalue weighted by atomic mass is 35.5. The fourth-order valence-electron chi connectivity index (χ4n) is 2.48. The summed E-state index contributed by atoms with van der Waals surface area (Å²) in [4.78, 5) is 20.6. The molecule has 1 heterocycles. The summed E-state index contributed by atoms with van der Waals surface area (Å²) in [5.41, 5.74) is 2.42. The van der Waals surface area contributed by atoms with Crippen LogP contribution in [0.2, 0.25) is 5.02 Å². The van der Waals surface area contributed by atoms with E-state index in [1.165, 1.54) is 6.33 Å². The molecular weight excluding hydrogens is 348 g/mol. The number of hydrogen-bond donors (Lipinski definition) is 2. The Kier molecular flexibility index (Phi) is 5.81. The van der Waals surface area contributed by atoms with Crippen LogP contribution in [-0.4, -0.2) is 15.9 Å². The summed E-state index contributed by atoms with van der Waals surface area (Å²) in [6.45, 7) is 2.45. The normalized spacial score (nSPS) is 11.6. The van der Waals surface area contributed by atoms with E-state index in [0.717, 1.165) is 11.1 Å². The first-order valence-corrected chi connectivity index (χ1v) is 8.66. The van der Waals surface area contributed by atoms with Crippen molar-refractivity contribution >= 4 is 23.3 Å². The number of rotatable bonds is 6. The Hall–Kier alpha value is -2.92. The molecule has 0 bridgehead atoms. The maximum atomic E-state index is 12.3. The number of benzene rings is 2. The Morgan fingerprint density at radius 2 is 1.81 bits per heavy atom. The van der Waals surface area contributed by atoms with E-state index >= 15 is 0 Å². The molecule has 0 aliphatic carbocycles. The van der Waals surface area contributed by atoms with Gasteiger partial charge >= 0.3 is 0 Å². The molecule has 3 rings (SSSR count). The second-order valence-electron chi connectivity index (χ2n) is 5.87. The van der Waals surface area contributed by atoms with E-state index in [4.69, 9.17) is 11.6 Å². The largest absolute Gasteiger partial charge is 0.363 e. The van der Waals surface area contributed by atoms with Crippen LogP contribution in [0, 0.1) is 0 Å². The summed E-state index contributed by atoms with van der Waals surface area (Å²) in [5.74, 6) is 0.353. The van der Waals surface area contributed by atoms with Crippen LogP contribution < -0.4 is 10.6 Å². The van der Waals surface area contributed by atoms with Crippen LogP contribution >= 0.6 is 11.6 Å². The summed E-state index contributed by atoms with van der Waals surface area (Å²) in [6, 6.07) is 19.1. The average molecular weight is 367 g/mol. The lowest BCUT2D eigenvalue weighted by atomic mass is 10.1. The molecule has 5 nitrogen and oxygen atoms in total. The summed E-state index contributed by atoms with van der Waals surface area (Å²) in [6.07, 6.45) is 1.39. The molecule has 0 spiro atoms. The van der Waals surface area contributed by atoms with E-state index in [1.54, 1.807) is 18.2 Å². The van der Waals surface area contributed by atoms with Gasteiger partial charge in [-0.05, 0) is 30.2 Å². The van der Waals surface area contributed by atoms with Gasteiger partial charge in [0.15, 0.2) is 0 Å². The zero-order valence-electron chi connectivity index (χ0n) is 14.3. The maximum absolute atomic E-state index is 12.3. The van der Waals surface area contributed by atoms with Crippen LogP contribution in [0.1, 0.15) is 34.6 Å². The monoisotopic (exact) mass is 366 g/mol. The van der Waals surface area contributed by atoms with Gasteiger partial charge in [0, 0.05) is 23.7 Å². The zero-order valence-corrected chi connectivity index (χ0v) is 15.1. The molecule has 0 aliphatic heterocycles. The Labute approximate surface area is 157 Å². The third-order valence-electron chi connectivity index (χ3n) is 3.93. The lowest BCUT2D eigenvalue weighted by molar-refractivity contribution is 0.0946. The second kappa shape index (κ2) is 8.45. The van der Waals surface area contributed by atoms with Crippen LogP contribution in [-0.2, 0) is 6.54 Å². The number of hydrogen-bond acceptors (Lipinski definition) is 4. The van der Waals surface area contributed by atoms with Crippen LogP contribution in [0.25, 0.3) is 0 Å². The predicted octanol–water partition coefficient (Wildman–Crippen LogP) is 4.23. The van der Waals surface area contributed by atoms with Crippen molar-refractivity contribution in [2.75, 3.05) is 5.32 Å². The lowest BCUT2D eigenvalue weighted by Crippen LogP contribution is -2.24. The van der Waals surface area contributed by atoms with Crippen LogP contribution in [0.4, 0.5) is 5.82 Å². The molecule has 0 saturated carbocycles. The molecule has 2 aromatic carbocycles. The van der Waals surface area contributed by atoms with Gasteiger partial charge in [-0.2, -0.15) is 0 Å². The van der Waals surface area contributed by atoms with Crippen molar-refractivity contribution in [3.05, 3.63) is 88.8 Å². The molecule has 1 amide bonds. The SMILES string of the molecule is CC(Nc1cc(C(=O)NCc2ccc(Cl)cc2)ncn1)c1ccccc1. The molecule has 1 atom stereocenters. The van der Waals surface area contributed by atoms with Gasteiger partial charge in [0.2, 0.25) is 0 Å². The standard InChI is InChI=1S/C20H19ClN4O/c1-14(16-5-3-2-4-6-16)25-19-11-18(23-13-24-19)20(26)22-12-15-7-9-17(21)10-8-15/h2-11,13-14H,12H2,1H3,(H,22,26)(H,23,24,25). The van der Waals surface area contributed by atoms with Crippen molar-refractivity contribution in [2.24, 2.45) is 0 Å². The van der Waals surface area contributed by atoms with Crippen LogP contribution in [0.3, 0.4) is 0 Å². The maximum Gasteiger partial charge on any atom is 0.270 e. The number of carbonyl (C=O) groups excluding carboxylic acids is 1. The van der Waals surface area contributed by atoms with Crippen molar-refractivity contribution in [3.63, 3.8) is 0 Å². The predicted molar refractivity (Wildman–Crippen MR) is 103 cm³/mol. The molecule has 132 valence electrons. The van der Waals surface area contributed by atoms with Gasteiger partial charge in [0.1, 0.15) is 17.8 Å². The minimum atomic E-state index is -0.252. The van der Waals surface area contributed by atoms with Crippen molar-refractivity contribution in [3.8, 4) is 0 Å². The summed E-state index contributed by atoms with van der Waals surface area (Å²) >= 11 is 5.86. The van der Waals surface area contributed by atoms with Crippen molar-refractivity contribution in [2.45, 2.75) is 19.5 Å². The molecule has 1 unspecified atom stereocenters. The van der Waals surface area contributed by atoms with E-state index in [-0.39, 0.29) is 11.9 Å². The van der Waals surface area contributed by atoms with E-state index in [1.807, 2.05) is 49.4 Å². The number of halogens is 1. The number of aromatic nitrogens is 2. The van der Waals surface area contributed by atoms with Gasteiger partial charge in [0.25, 0.3) is 5.91 Å². The molecule has 6 heteroatoms. The first-order valence-electron chi connectivity index (χ1n) is 8.28. The summed E-state index contributed by atoms with van der Waals surface area (Å²) in [5, 5.41) is 6.80. The second-order valence-corrected chi connectivity index (χ2v) is 6.31. The first kappa shape index (κ1) is 17.9. The van der Waals surface area contributed by atoms with Crippen molar-refractivity contribution in [1.29, 1.82) is 0 Å². The molecule has 1 aromatic heterocycles. The Morgan fingerprint density at radius 3 is 2.54 bits per heavy atom. The number of nitrogens with zero attached hydrogens (tertiary/aromatic N) is 2. The Morgan fingerprint density at radius 1 is 1.08 bits per heavy atom. The molecule has 0 aliphatic rings. The van der Waals surface area contributed by atoms with Gasteiger partial charge in [-0.1, -0.05) is 54.1 Å². The average Bonchev–Trinajstić information content (AvgIpc) is 2.68. The number of carbonyl (C=O) groups is 1. The highest BCUT2D eigenvalue weighted by Gasteiger charge is 2.11. The highest BCUT2D eigenvalue weighted by molar-refractivity contribution is 6.30. The number of amides is 1. The van der Waals surface area contributed by atoms with Crippen LogP contribution in [0.5, 0.6) is 0 Å². The minimum absolute atomic E-state index is 0.0658. The van der Waals surface area contributed by atoms with Gasteiger partial charge in [-0.15, -0.1) is 0 Å². The van der Waals surface area contributed by atoms with E-state index in [0.29, 0.717) is 23.1 Å². The van der Waals surface area contributed by atoms with E-state index in [2.05, 4.69) is 20.6 Å². The molecular formula is C20H19ClN4O. The smallest absolute Gasteiger partial charge is 0.270 e. The van der Waals surface area contributed by atoms with Gasteiger partial charge < -0.3 is 10.6 Å². The summed E-state index contributed by atoms with van der Waals surface area (Å²) < 4.78 is 0. The molecule has 0 saturated heterocycles. The Bertz CT molecular complexity index is 868. The Balaban J connectivity index is 1.62. The zero-order chi connectivity index (χ0) is 18.4. The number of anilines is 1. The first-order chi connectivity index (χ1) is 12.6. The van der Waals surface area contributed by atoms with Gasteiger partial charge in [0.05, 0.1) is 0 Å². The van der Waals surface area contributed by atoms with Gasteiger partial charge in [-0.3, -0.25) is 4.79 Å². The van der Waals surface area contributed by atoms with E-state index < -0.39 is 0 Å². The molecule has 3 aromatic rings. The van der Waals surface area contributed by atoms with E-state index in [9.17, 15) is 4.79 Å². The van der Waals surface area contributed by atoms with Crippen molar-refractivity contribution in [1.82, 2.24) is 15.3 Å². The topological polar surface area (TPSA) is 66.9 Å². The molecule has 0 fully saturated rings. The molecule has 2 N–H and O–H groups in total. The third-order valence-corrected chi connectivity index (χ3v) is 4.18. The van der Waals surface area contributed by atoms with Crippen LogP contribution in [0.15, 0.2) is 67.0 Å². The summed E-state index contributed by atoms with van der Waals surface area (Å²) in [7, 11) is 0. The molecule has 26 heavy (non-hydrogen) atoms. The fourth-order valence-corrected chi connectivity index (χ4v) is 2.61. The highest BCUT2D eigenvalue weighted by Crippen LogP contribution is 2.17. The quantitative estimate of drug-likeness (QED) is 0.685. The lowest BCUT2D eigenvalue weighted by Gasteiger charge is -2.15. The number of nitrogens with one attached hydrogen (secondary N) is 2. The van der Waals surface area contributed by atoms with Gasteiger partial charge in [-0.25, -0.2) is 9.97 Å².